The molecule has 19 heavy (non-hydrogen) atoms. The van der Waals surface area contributed by atoms with Crippen LogP contribution in [0.3, 0.4) is 0 Å². The van der Waals surface area contributed by atoms with Crippen molar-refractivity contribution in [1.82, 2.24) is 14.9 Å². The monoisotopic (exact) mass is 263 g/mol. The van der Waals surface area contributed by atoms with Gasteiger partial charge < -0.3 is 14.6 Å². The number of rotatable bonds is 5. The highest BCUT2D eigenvalue weighted by Gasteiger charge is 2.18. The number of aromatic nitrogens is 2. The fourth-order valence-electron chi connectivity index (χ4n) is 2.16. The van der Waals surface area contributed by atoms with Crippen LogP contribution in [0.5, 0.6) is 5.75 Å². The fraction of sp³-hybridized carbons (Fsp3) is 0.357. The van der Waals surface area contributed by atoms with E-state index in [0.717, 1.165) is 17.9 Å². The van der Waals surface area contributed by atoms with E-state index in [4.69, 9.17) is 4.74 Å². The van der Waals surface area contributed by atoms with Gasteiger partial charge in [0.15, 0.2) is 11.6 Å². The molecule has 0 saturated heterocycles. The zero-order chi connectivity index (χ0) is 13.8. The van der Waals surface area contributed by atoms with Crippen molar-refractivity contribution in [2.75, 3.05) is 14.2 Å². The van der Waals surface area contributed by atoms with Gasteiger partial charge in [-0.3, -0.25) is 0 Å². The highest BCUT2D eigenvalue weighted by Crippen LogP contribution is 2.25. The molecule has 4 nitrogen and oxygen atoms in total. The van der Waals surface area contributed by atoms with Crippen LogP contribution in [0, 0.1) is 5.82 Å². The Bertz CT molecular complexity index is 553. The summed E-state index contributed by atoms with van der Waals surface area (Å²) in [6.07, 6.45) is 3.67. The number of hydrogen-bond acceptors (Lipinski definition) is 3. The summed E-state index contributed by atoms with van der Waals surface area (Å²) in [5, 5.41) is 3.17. The average Bonchev–Trinajstić information content (AvgIpc) is 2.88. The summed E-state index contributed by atoms with van der Waals surface area (Å²) in [6, 6.07) is 4.82. The SMILES string of the molecule is CCn1ccnc1C(NC)c1ccc(OC)c(F)c1. The van der Waals surface area contributed by atoms with Crippen LogP contribution in [0.15, 0.2) is 30.6 Å². The molecule has 1 aromatic heterocycles. The summed E-state index contributed by atoms with van der Waals surface area (Å²) in [5.41, 5.74) is 0.821. The van der Waals surface area contributed by atoms with Crippen LogP contribution in [0.4, 0.5) is 4.39 Å². The molecular weight excluding hydrogens is 245 g/mol. The zero-order valence-electron chi connectivity index (χ0n) is 11.4. The van der Waals surface area contributed by atoms with E-state index >= 15 is 0 Å². The third-order valence-corrected chi connectivity index (χ3v) is 3.14. The number of benzene rings is 1. The Labute approximate surface area is 112 Å². The van der Waals surface area contributed by atoms with E-state index in [9.17, 15) is 4.39 Å². The highest BCUT2D eigenvalue weighted by molar-refractivity contribution is 5.33. The van der Waals surface area contributed by atoms with Gasteiger partial charge in [-0.25, -0.2) is 9.37 Å². The minimum Gasteiger partial charge on any atom is -0.494 e. The molecule has 1 unspecified atom stereocenters. The number of ether oxygens (including phenoxy) is 1. The van der Waals surface area contributed by atoms with Gasteiger partial charge >= 0.3 is 0 Å². The topological polar surface area (TPSA) is 39.1 Å². The van der Waals surface area contributed by atoms with Gasteiger partial charge in [0.1, 0.15) is 5.82 Å². The van der Waals surface area contributed by atoms with Gasteiger partial charge in [0.2, 0.25) is 0 Å². The summed E-state index contributed by atoms with van der Waals surface area (Å²) in [6.45, 7) is 2.87. The molecule has 0 fully saturated rings. The number of hydrogen-bond donors (Lipinski definition) is 1. The normalized spacial score (nSPS) is 12.4. The largest absolute Gasteiger partial charge is 0.494 e. The fourth-order valence-corrected chi connectivity index (χ4v) is 2.16. The number of nitrogens with one attached hydrogen (secondary N) is 1. The van der Waals surface area contributed by atoms with Crippen molar-refractivity contribution in [2.45, 2.75) is 19.5 Å². The first kappa shape index (κ1) is 13.5. The quantitative estimate of drug-likeness (QED) is 0.900. The number of imidazole rings is 1. The van der Waals surface area contributed by atoms with Gasteiger partial charge in [-0.15, -0.1) is 0 Å². The molecule has 1 atom stereocenters. The van der Waals surface area contributed by atoms with E-state index in [2.05, 4.69) is 10.3 Å². The van der Waals surface area contributed by atoms with E-state index in [0.29, 0.717) is 0 Å². The first-order valence-electron chi connectivity index (χ1n) is 6.23. The van der Waals surface area contributed by atoms with Crippen molar-refractivity contribution in [2.24, 2.45) is 0 Å². The number of nitrogens with zero attached hydrogens (tertiary/aromatic N) is 2. The smallest absolute Gasteiger partial charge is 0.165 e. The van der Waals surface area contributed by atoms with Crippen LogP contribution in [-0.2, 0) is 6.54 Å². The van der Waals surface area contributed by atoms with Crippen LogP contribution < -0.4 is 10.1 Å². The predicted octanol–water partition coefficient (Wildman–Crippen LogP) is 2.36. The molecule has 0 aliphatic carbocycles. The van der Waals surface area contributed by atoms with Crippen molar-refractivity contribution in [3.05, 3.63) is 47.8 Å². The summed E-state index contributed by atoms with van der Waals surface area (Å²) in [5.74, 6) is 0.752. The molecule has 0 aliphatic rings. The minimum absolute atomic E-state index is 0.143. The first-order valence-corrected chi connectivity index (χ1v) is 6.23. The summed E-state index contributed by atoms with van der Waals surface area (Å²) < 4.78 is 20.8. The molecule has 1 N–H and O–H groups in total. The Morgan fingerprint density at radius 2 is 2.26 bits per heavy atom. The standard InChI is InChI=1S/C14H18FN3O/c1-4-18-8-7-17-14(18)13(16-2)10-5-6-12(19-3)11(15)9-10/h5-9,13,16H,4H2,1-3H3. The third kappa shape index (κ3) is 2.61. The van der Waals surface area contributed by atoms with E-state index in [1.54, 1.807) is 12.3 Å². The molecule has 1 heterocycles. The first-order chi connectivity index (χ1) is 9.21. The maximum atomic E-state index is 13.8. The van der Waals surface area contributed by atoms with Crippen molar-refractivity contribution in [1.29, 1.82) is 0 Å². The molecule has 0 amide bonds. The lowest BCUT2D eigenvalue weighted by Crippen LogP contribution is -2.22. The second-order valence-corrected chi connectivity index (χ2v) is 4.19. The molecule has 2 rings (SSSR count). The Hall–Kier alpha value is -1.88. The number of methoxy groups -OCH3 is 1. The third-order valence-electron chi connectivity index (χ3n) is 3.14. The maximum Gasteiger partial charge on any atom is 0.165 e. The lowest BCUT2D eigenvalue weighted by Gasteiger charge is -2.18. The van der Waals surface area contributed by atoms with Crippen molar-refractivity contribution >= 4 is 0 Å². The Morgan fingerprint density at radius 1 is 1.47 bits per heavy atom. The molecule has 0 saturated carbocycles. The van der Waals surface area contributed by atoms with Gasteiger partial charge in [0.25, 0.3) is 0 Å². The van der Waals surface area contributed by atoms with Gasteiger partial charge in [0, 0.05) is 18.9 Å². The van der Waals surface area contributed by atoms with E-state index in [1.165, 1.54) is 13.2 Å². The van der Waals surface area contributed by atoms with Crippen molar-refractivity contribution < 1.29 is 9.13 Å². The van der Waals surface area contributed by atoms with Gasteiger partial charge in [-0.2, -0.15) is 0 Å². The molecule has 0 aliphatic heterocycles. The second kappa shape index (κ2) is 5.84. The Balaban J connectivity index is 2.40. The minimum atomic E-state index is -0.366. The lowest BCUT2D eigenvalue weighted by atomic mass is 10.1. The Morgan fingerprint density at radius 3 is 2.84 bits per heavy atom. The van der Waals surface area contributed by atoms with Crippen LogP contribution in [0.1, 0.15) is 24.4 Å². The maximum absolute atomic E-state index is 13.8. The molecule has 2 aromatic rings. The Kier molecular flexibility index (Phi) is 4.16. The number of aryl methyl sites for hydroxylation is 1. The predicted molar refractivity (Wildman–Crippen MR) is 71.8 cm³/mol. The van der Waals surface area contributed by atoms with E-state index < -0.39 is 0 Å². The van der Waals surface area contributed by atoms with Crippen molar-refractivity contribution in [3.8, 4) is 5.75 Å². The van der Waals surface area contributed by atoms with E-state index in [1.807, 2.05) is 30.8 Å². The van der Waals surface area contributed by atoms with Gasteiger partial charge in [0.05, 0.1) is 13.2 Å². The zero-order valence-corrected chi connectivity index (χ0v) is 11.4. The summed E-state index contributed by atoms with van der Waals surface area (Å²) in [4.78, 5) is 4.35. The summed E-state index contributed by atoms with van der Waals surface area (Å²) >= 11 is 0. The molecule has 102 valence electrons. The summed E-state index contributed by atoms with van der Waals surface area (Å²) in [7, 11) is 3.29. The molecule has 1 aromatic carbocycles. The number of halogens is 1. The van der Waals surface area contributed by atoms with Gasteiger partial charge in [-0.1, -0.05) is 6.07 Å². The van der Waals surface area contributed by atoms with Crippen LogP contribution >= 0.6 is 0 Å². The molecule has 0 radical (unpaired) electrons. The van der Waals surface area contributed by atoms with Crippen LogP contribution in [0.25, 0.3) is 0 Å². The van der Waals surface area contributed by atoms with Crippen LogP contribution in [0.2, 0.25) is 0 Å². The highest BCUT2D eigenvalue weighted by atomic mass is 19.1. The molecule has 0 bridgehead atoms. The second-order valence-electron chi connectivity index (χ2n) is 4.19. The molecule has 5 heteroatoms. The van der Waals surface area contributed by atoms with Crippen LogP contribution in [-0.4, -0.2) is 23.7 Å². The lowest BCUT2D eigenvalue weighted by molar-refractivity contribution is 0.385. The average molecular weight is 263 g/mol. The van der Waals surface area contributed by atoms with Gasteiger partial charge in [-0.05, 0) is 31.7 Å². The molecule has 0 spiro atoms. The van der Waals surface area contributed by atoms with E-state index in [-0.39, 0.29) is 17.6 Å². The molecular formula is C14H18FN3O. The van der Waals surface area contributed by atoms with Crippen molar-refractivity contribution in [3.63, 3.8) is 0 Å².